The zero-order valence-corrected chi connectivity index (χ0v) is 16.4. The van der Waals surface area contributed by atoms with Crippen molar-refractivity contribution in [2.45, 2.75) is 0 Å². The number of rotatable bonds is 4. The Bertz CT molecular complexity index is 915. The molecule has 0 aliphatic rings. The molecule has 0 heterocycles. The minimum Gasteiger partial charge on any atom is -0.457 e. The van der Waals surface area contributed by atoms with Crippen molar-refractivity contribution in [3.8, 4) is 11.5 Å². The number of ether oxygens (including phenoxy) is 1. The molecule has 0 aliphatic heterocycles. The van der Waals surface area contributed by atoms with Crippen molar-refractivity contribution in [2.24, 2.45) is 0 Å². The highest BCUT2D eigenvalue weighted by Gasteiger charge is 2.06. The molecule has 2 N–H and O–H groups in total. The Labute approximate surface area is 171 Å². The molecule has 3 aromatic rings. The molecule has 3 aromatic carbocycles. The van der Waals surface area contributed by atoms with E-state index in [4.69, 9.17) is 51.8 Å². The molecule has 0 aliphatic carbocycles. The number of hydrogen-bond acceptors (Lipinski definition) is 2. The van der Waals surface area contributed by atoms with Gasteiger partial charge in [-0.05, 0) is 72.9 Å². The maximum Gasteiger partial charge on any atom is 0.175 e. The second-order valence-corrected chi connectivity index (χ2v) is 6.89. The number of nitrogens with one attached hydrogen (secondary N) is 2. The molecule has 0 saturated carbocycles. The van der Waals surface area contributed by atoms with Crippen molar-refractivity contribution in [3.05, 3.63) is 81.8 Å². The summed E-state index contributed by atoms with van der Waals surface area (Å²) >= 11 is 23.3. The topological polar surface area (TPSA) is 33.3 Å². The van der Waals surface area contributed by atoms with Gasteiger partial charge in [0.1, 0.15) is 11.5 Å². The van der Waals surface area contributed by atoms with Crippen LogP contribution in [0.4, 0.5) is 11.4 Å². The summed E-state index contributed by atoms with van der Waals surface area (Å²) in [5.74, 6) is 1.41. The Hall–Kier alpha value is -1.98. The first-order valence-corrected chi connectivity index (χ1v) is 9.11. The van der Waals surface area contributed by atoms with E-state index >= 15 is 0 Å². The lowest BCUT2D eigenvalue weighted by molar-refractivity contribution is 0.483. The summed E-state index contributed by atoms with van der Waals surface area (Å²) in [5.41, 5.74) is 1.45. The summed E-state index contributed by atoms with van der Waals surface area (Å²) in [6, 6.07) is 19.9. The molecule has 3 nitrogen and oxygen atoms in total. The predicted molar refractivity (Wildman–Crippen MR) is 114 cm³/mol. The average Bonchev–Trinajstić information content (AvgIpc) is 2.62. The van der Waals surface area contributed by atoms with Crippen LogP contribution in [0.15, 0.2) is 66.7 Å². The second-order valence-electron chi connectivity index (χ2n) is 5.26. The Balaban J connectivity index is 1.60. The van der Waals surface area contributed by atoms with Crippen LogP contribution in [0.5, 0.6) is 11.5 Å². The van der Waals surface area contributed by atoms with Gasteiger partial charge in [-0.15, -0.1) is 0 Å². The van der Waals surface area contributed by atoms with E-state index in [1.54, 1.807) is 30.3 Å². The van der Waals surface area contributed by atoms with Crippen LogP contribution >= 0.6 is 47.0 Å². The van der Waals surface area contributed by atoms with E-state index in [0.717, 1.165) is 5.69 Å². The lowest BCUT2D eigenvalue weighted by Crippen LogP contribution is -2.19. The van der Waals surface area contributed by atoms with E-state index in [0.29, 0.717) is 37.4 Å². The maximum absolute atomic E-state index is 6.14. The Morgan fingerprint density at radius 2 is 1.38 bits per heavy atom. The highest BCUT2D eigenvalue weighted by molar-refractivity contribution is 7.80. The van der Waals surface area contributed by atoms with Crippen molar-refractivity contribution in [3.63, 3.8) is 0 Å². The molecule has 3 rings (SSSR count). The normalized spacial score (nSPS) is 10.3. The van der Waals surface area contributed by atoms with Gasteiger partial charge in [0.15, 0.2) is 5.11 Å². The van der Waals surface area contributed by atoms with Gasteiger partial charge in [0.25, 0.3) is 0 Å². The zero-order chi connectivity index (χ0) is 18.5. The van der Waals surface area contributed by atoms with Crippen molar-refractivity contribution in [2.75, 3.05) is 10.6 Å². The maximum atomic E-state index is 6.14. The third kappa shape index (κ3) is 5.02. The van der Waals surface area contributed by atoms with Crippen LogP contribution in [0.1, 0.15) is 0 Å². The minimum atomic E-state index is 0.403. The second kappa shape index (κ2) is 8.60. The van der Waals surface area contributed by atoms with E-state index < -0.39 is 0 Å². The van der Waals surface area contributed by atoms with Crippen LogP contribution in [0.3, 0.4) is 0 Å². The number of halogens is 3. The van der Waals surface area contributed by atoms with Crippen molar-refractivity contribution >= 4 is 63.5 Å². The Kier molecular flexibility index (Phi) is 6.22. The van der Waals surface area contributed by atoms with Crippen molar-refractivity contribution in [1.29, 1.82) is 0 Å². The Morgan fingerprint density at radius 1 is 0.769 bits per heavy atom. The van der Waals surface area contributed by atoms with Crippen LogP contribution < -0.4 is 15.4 Å². The first-order chi connectivity index (χ1) is 12.5. The molecule has 0 spiro atoms. The molecule has 0 aromatic heterocycles. The number of anilines is 2. The van der Waals surface area contributed by atoms with Crippen LogP contribution in [0.2, 0.25) is 15.1 Å². The van der Waals surface area contributed by atoms with E-state index in [9.17, 15) is 0 Å². The highest BCUT2D eigenvalue weighted by Crippen LogP contribution is 2.30. The molecule has 0 fully saturated rings. The summed E-state index contributed by atoms with van der Waals surface area (Å²) in [6.45, 7) is 0. The van der Waals surface area contributed by atoms with Gasteiger partial charge >= 0.3 is 0 Å². The standard InChI is InChI=1S/C19H13Cl3N2OS/c20-12-4-8-14(9-5-12)25-15-10-6-13(7-11-15)23-19(26)24-17-3-1-2-16(21)18(17)22/h1-11H,(H2,23,24,26). The molecule has 0 atom stereocenters. The third-order valence-corrected chi connectivity index (χ3v) is 4.64. The van der Waals surface area contributed by atoms with Gasteiger partial charge in [0, 0.05) is 10.7 Å². The summed E-state index contributed by atoms with van der Waals surface area (Å²) in [4.78, 5) is 0. The van der Waals surface area contributed by atoms with Crippen molar-refractivity contribution < 1.29 is 4.74 Å². The largest absolute Gasteiger partial charge is 0.457 e. The van der Waals surface area contributed by atoms with Crippen LogP contribution in [-0.2, 0) is 0 Å². The molecule has 0 amide bonds. The SMILES string of the molecule is S=C(Nc1ccc(Oc2ccc(Cl)cc2)cc1)Nc1cccc(Cl)c1Cl. The van der Waals surface area contributed by atoms with Gasteiger partial charge in [0.2, 0.25) is 0 Å². The van der Waals surface area contributed by atoms with Gasteiger partial charge < -0.3 is 15.4 Å². The summed E-state index contributed by atoms with van der Waals surface area (Å²) in [5, 5.41) is 8.05. The first kappa shape index (κ1) is 18.8. The van der Waals surface area contributed by atoms with Crippen LogP contribution in [0.25, 0.3) is 0 Å². The molecule has 0 unspecified atom stereocenters. The zero-order valence-electron chi connectivity index (χ0n) is 13.3. The first-order valence-electron chi connectivity index (χ1n) is 7.57. The van der Waals surface area contributed by atoms with Gasteiger partial charge in [-0.25, -0.2) is 0 Å². The van der Waals surface area contributed by atoms with Gasteiger partial charge in [-0.2, -0.15) is 0 Å². The molecular weight excluding hydrogens is 411 g/mol. The fourth-order valence-corrected chi connectivity index (χ4v) is 2.83. The smallest absolute Gasteiger partial charge is 0.175 e. The van der Waals surface area contributed by atoms with Crippen LogP contribution in [0, 0.1) is 0 Å². The predicted octanol–water partition coefficient (Wildman–Crippen LogP) is 7.25. The monoisotopic (exact) mass is 422 g/mol. The molecule has 7 heteroatoms. The van der Waals surface area contributed by atoms with E-state index in [1.165, 1.54) is 0 Å². The molecule has 26 heavy (non-hydrogen) atoms. The number of hydrogen-bond donors (Lipinski definition) is 2. The fraction of sp³-hybridized carbons (Fsp3) is 0. The van der Waals surface area contributed by atoms with Gasteiger partial charge in [-0.3, -0.25) is 0 Å². The molecule has 132 valence electrons. The quantitative estimate of drug-likeness (QED) is 0.433. The number of benzene rings is 3. The minimum absolute atomic E-state index is 0.403. The third-order valence-electron chi connectivity index (χ3n) is 3.36. The average molecular weight is 424 g/mol. The Morgan fingerprint density at radius 3 is 2.04 bits per heavy atom. The molecule has 0 saturated heterocycles. The fourth-order valence-electron chi connectivity index (χ4n) is 2.13. The lowest BCUT2D eigenvalue weighted by Gasteiger charge is -2.13. The summed E-state index contributed by atoms with van der Waals surface area (Å²) in [7, 11) is 0. The summed E-state index contributed by atoms with van der Waals surface area (Å²) in [6.07, 6.45) is 0. The molecule has 0 radical (unpaired) electrons. The number of thiocarbonyl (C=S) groups is 1. The van der Waals surface area contributed by atoms with E-state index in [1.807, 2.05) is 36.4 Å². The summed E-state index contributed by atoms with van der Waals surface area (Å²) < 4.78 is 5.75. The lowest BCUT2D eigenvalue weighted by atomic mass is 10.3. The van der Waals surface area contributed by atoms with Gasteiger partial charge in [-0.1, -0.05) is 40.9 Å². The van der Waals surface area contributed by atoms with Crippen molar-refractivity contribution in [1.82, 2.24) is 0 Å². The molecule has 0 bridgehead atoms. The van der Waals surface area contributed by atoms with E-state index in [2.05, 4.69) is 10.6 Å². The highest BCUT2D eigenvalue weighted by atomic mass is 35.5. The van der Waals surface area contributed by atoms with Gasteiger partial charge in [0.05, 0.1) is 15.7 Å². The van der Waals surface area contributed by atoms with Crippen LogP contribution in [-0.4, -0.2) is 5.11 Å². The molecular formula is C19H13Cl3N2OS. The van der Waals surface area contributed by atoms with E-state index in [-0.39, 0.29) is 0 Å².